The van der Waals surface area contributed by atoms with Crippen LogP contribution >= 0.6 is 11.3 Å². The topological polar surface area (TPSA) is 31.2 Å². The molecule has 0 saturated carbocycles. The Morgan fingerprint density at radius 1 is 1.32 bits per heavy atom. The second-order valence-corrected chi connectivity index (χ2v) is 5.79. The summed E-state index contributed by atoms with van der Waals surface area (Å²) in [4.78, 5) is 13.6. The van der Waals surface area contributed by atoms with E-state index < -0.39 is 0 Å². The molecule has 0 aliphatic heterocycles. The van der Waals surface area contributed by atoms with Gasteiger partial charge in [0.05, 0.1) is 12.2 Å². The Morgan fingerprint density at radius 3 is 2.79 bits per heavy atom. The lowest BCUT2D eigenvalue weighted by atomic mass is 9.95. The molecule has 2 aromatic heterocycles. The second kappa shape index (κ2) is 5.21. The minimum Gasteiger partial charge on any atom is -0.462 e. The molecule has 0 atom stereocenters. The highest BCUT2D eigenvalue weighted by molar-refractivity contribution is 7.15. The molecule has 0 saturated heterocycles. The Balaban J connectivity index is 2.12. The molecular weight excluding hydrogens is 258 g/mol. The number of thiophene rings is 1. The van der Waals surface area contributed by atoms with Gasteiger partial charge in [-0.25, -0.2) is 4.79 Å². The van der Waals surface area contributed by atoms with E-state index in [-0.39, 0.29) is 5.97 Å². The van der Waals surface area contributed by atoms with E-state index in [1.54, 1.807) is 11.3 Å². The smallest absolute Gasteiger partial charge is 0.341 e. The number of aromatic nitrogens is 1. The van der Waals surface area contributed by atoms with E-state index >= 15 is 0 Å². The van der Waals surface area contributed by atoms with E-state index in [1.807, 2.05) is 36.0 Å². The number of nitrogens with zero attached hydrogens (tertiary/aromatic N) is 1. The molecule has 1 aliphatic rings. The lowest BCUT2D eigenvalue weighted by Gasteiger charge is -2.12. The second-order valence-electron chi connectivity index (χ2n) is 4.70. The average Bonchev–Trinajstić information content (AvgIpc) is 3.06. The normalized spacial score (nSPS) is 14.2. The maximum atomic E-state index is 12.3. The first-order chi connectivity index (χ1) is 9.31. The van der Waals surface area contributed by atoms with Gasteiger partial charge in [0.2, 0.25) is 0 Å². The van der Waals surface area contributed by atoms with Crippen molar-refractivity contribution in [1.82, 2.24) is 4.57 Å². The number of rotatable bonds is 3. The largest absolute Gasteiger partial charge is 0.462 e. The van der Waals surface area contributed by atoms with Gasteiger partial charge in [-0.05, 0) is 50.3 Å². The van der Waals surface area contributed by atoms with Crippen LogP contribution in [0.2, 0.25) is 0 Å². The summed E-state index contributed by atoms with van der Waals surface area (Å²) in [7, 11) is 0. The van der Waals surface area contributed by atoms with Crippen LogP contribution in [0.15, 0.2) is 24.5 Å². The van der Waals surface area contributed by atoms with Gasteiger partial charge >= 0.3 is 5.97 Å². The summed E-state index contributed by atoms with van der Waals surface area (Å²) in [6.45, 7) is 2.28. The molecule has 19 heavy (non-hydrogen) atoms. The van der Waals surface area contributed by atoms with Crippen LogP contribution in [0.5, 0.6) is 0 Å². The highest BCUT2D eigenvalue weighted by atomic mass is 32.1. The number of hydrogen-bond donors (Lipinski definition) is 0. The van der Waals surface area contributed by atoms with Gasteiger partial charge < -0.3 is 9.30 Å². The van der Waals surface area contributed by atoms with Crippen LogP contribution in [0.25, 0.3) is 5.00 Å². The minimum absolute atomic E-state index is 0.175. The third kappa shape index (κ3) is 2.21. The monoisotopic (exact) mass is 275 g/mol. The van der Waals surface area contributed by atoms with Crippen molar-refractivity contribution in [3.63, 3.8) is 0 Å². The predicted octanol–water partition coefficient (Wildman–Crippen LogP) is 3.59. The van der Waals surface area contributed by atoms with Crippen molar-refractivity contribution < 1.29 is 9.53 Å². The molecule has 2 aromatic rings. The lowest BCUT2D eigenvalue weighted by molar-refractivity contribution is 0.0525. The van der Waals surface area contributed by atoms with Gasteiger partial charge in [-0.1, -0.05) is 0 Å². The molecular formula is C15H17NO2S. The summed E-state index contributed by atoms with van der Waals surface area (Å²) in [5, 5.41) is 1.01. The molecule has 0 unspecified atom stereocenters. The molecule has 0 amide bonds. The SMILES string of the molecule is CCOC(=O)c1c(-n2cccc2)sc2c1CCCC2. The standard InChI is InChI=1S/C15H17NO2S/c1-2-18-15(17)13-11-7-3-4-8-12(11)19-14(13)16-9-5-6-10-16/h5-6,9-10H,2-4,7-8H2,1H3. The average molecular weight is 275 g/mol. The van der Waals surface area contributed by atoms with Crippen molar-refractivity contribution in [2.45, 2.75) is 32.6 Å². The van der Waals surface area contributed by atoms with Crippen LogP contribution < -0.4 is 0 Å². The van der Waals surface area contributed by atoms with Crippen LogP contribution in [0, 0.1) is 0 Å². The molecule has 0 aromatic carbocycles. The fourth-order valence-electron chi connectivity index (χ4n) is 2.62. The predicted molar refractivity (Wildman–Crippen MR) is 76.2 cm³/mol. The van der Waals surface area contributed by atoms with E-state index in [1.165, 1.54) is 23.3 Å². The van der Waals surface area contributed by atoms with Crippen molar-refractivity contribution in [3.05, 3.63) is 40.5 Å². The summed E-state index contributed by atoms with van der Waals surface area (Å²) in [6.07, 6.45) is 8.46. The van der Waals surface area contributed by atoms with E-state index in [0.717, 1.165) is 23.4 Å². The van der Waals surface area contributed by atoms with E-state index in [2.05, 4.69) is 0 Å². The third-order valence-electron chi connectivity index (χ3n) is 3.47. The maximum Gasteiger partial charge on any atom is 0.341 e. The van der Waals surface area contributed by atoms with Crippen LogP contribution in [-0.2, 0) is 17.6 Å². The Bertz CT molecular complexity index is 584. The Morgan fingerprint density at radius 2 is 2.05 bits per heavy atom. The van der Waals surface area contributed by atoms with E-state index in [9.17, 15) is 4.79 Å². The van der Waals surface area contributed by atoms with Crippen molar-refractivity contribution in [2.24, 2.45) is 0 Å². The van der Waals surface area contributed by atoms with Crippen LogP contribution in [0.4, 0.5) is 0 Å². The van der Waals surface area contributed by atoms with Crippen LogP contribution in [0.1, 0.15) is 40.6 Å². The molecule has 0 bridgehead atoms. The number of carbonyl (C=O) groups excluding carboxylic acids is 1. The Labute approximate surface area is 116 Å². The molecule has 3 nitrogen and oxygen atoms in total. The summed E-state index contributed by atoms with van der Waals surface area (Å²) in [5.41, 5.74) is 2.01. The zero-order valence-electron chi connectivity index (χ0n) is 11.0. The highest BCUT2D eigenvalue weighted by Gasteiger charge is 2.26. The van der Waals surface area contributed by atoms with Gasteiger partial charge in [-0.15, -0.1) is 11.3 Å². The molecule has 4 heteroatoms. The Hall–Kier alpha value is -1.55. The number of esters is 1. The summed E-state index contributed by atoms with van der Waals surface area (Å²) >= 11 is 1.74. The lowest BCUT2D eigenvalue weighted by Crippen LogP contribution is -2.11. The van der Waals surface area contributed by atoms with Crippen LogP contribution in [0.3, 0.4) is 0 Å². The number of fused-ring (bicyclic) bond motifs is 1. The fourth-order valence-corrected chi connectivity index (χ4v) is 3.96. The third-order valence-corrected chi connectivity index (χ3v) is 4.78. The number of ether oxygens (including phenoxy) is 1. The quantitative estimate of drug-likeness (QED) is 0.801. The number of carbonyl (C=O) groups is 1. The number of hydrogen-bond acceptors (Lipinski definition) is 3. The number of aryl methyl sites for hydroxylation is 1. The Kier molecular flexibility index (Phi) is 3.42. The van der Waals surface area contributed by atoms with E-state index in [4.69, 9.17) is 4.74 Å². The van der Waals surface area contributed by atoms with Crippen molar-refractivity contribution in [2.75, 3.05) is 6.61 Å². The van der Waals surface area contributed by atoms with E-state index in [0.29, 0.717) is 6.61 Å². The molecule has 0 radical (unpaired) electrons. The van der Waals surface area contributed by atoms with Crippen molar-refractivity contribution in [3.8, 4) is 5.00 Å². The molecule has 100 valence electrons. The van der Waals surface area contributed by atoms with Crippen molar-refractivity contribution >= 4 is 17.3 Å². The first-order valence-corrected chi connectivity index (χ1v) is 7.58. The molecule has 0 spiro atoms. The van der Waals surface area contributed by atoms with Gasteiger partial charge in [0.15, 0.2) is 0 Å². The van der Waals surface area contributed by atoms with Gasteiger partial charge in [-0.3, -0.25) is 0 Å². The molecule has 0 N–H and O–H groups in total. The summed E-state index contributed by atoms with van der Waals surface area (Å²) in [5.74, 6) is -0.175. The van der Waals surface area contributed by atoms with Gasteiger partial charge in [-0.2, -0.15) is 0 Å². The molecule has 0 fully saturated rings. The maximum absolute atomic E-state index is 12.3. The van der Waals surface area contributed by atoms with Gasteiger partial charge in [0.1, 0.15) is 5.00 Å². The summed E-state index contributed by atoms with van der Waals surface area (Å²) in [6, 6.07) is 3.96. The van der Waals surface area contributed by atoms with Gasteiger partial charge in [0, 0.05) is 17.3 Å². The fraction of sp³-hybridized carbons (Fsp3) is 0.400. The zero-order valence-corrected chi connectivity index (χ0v) is 11.8. The first kappa shape index (κ1) is 12.5. The molecule has 3 rings (SSSR count). The molecule has 2 heterocycles. The minimum atomic E-state index is -0.175. The van der Waals surface area contributed by atoms with Crippen molar-refractivity contribution in [1.29, 1.82) is 0 Å². The summed E-state index contributed by atoms with van der Waals surface area (Å²) < 4.78 is 7.27. The van der Waals surface area contributed by atoms with Gasteiger partial charge in [0.25, 0.3) is 0 Å². The zero-order chi connectivity index (χ0) is 13.2. The first-order valence-electron chi connectivity index (χ1n) is 6.76. The highest BCUT2D eigenvalue weighted by Crippen LogP contribution is 2.37. The molecule has 1 aliphatic carbocycles. The van der Waals surface area contributed by atoms with Crippen LogP contribution in [-0.4, -0.2) is 17.1 Å².